The summed E-state index contributed by atoms with van der Waals surface area (Å²) >= 11 is 1.48. The van der Waals surface area contributed by atoms with Crippen molar-refractivity contribution in [2.24, 2.45) is 5.92 Å². The number of aryl methyl sites for hydroxylation is 2. The van der Waals surface area contributed by atoms with E-state index in [0.29, 0.717) is 11.6 Å². The van der Waals surface area contributed by atoms with Crippen molar-refractivity contribution in [3.63, 3.8) is 0 Å². The molecule has 0 unspecified atom stereocenters. The largest absolute Gasteiger partial charge is 0.480 e. The Morgan fingerprint density at radius 2 is 2.05 bits per heavy atom. The number of aromatic nitrogens is 1. The SMILES string of the molecule is CC(C)C[C@@H](NC(=O)Nc1nc2c(s1)CCCC2)C(=O)O. The van der Waals surface area contributed by atoms with Gasteiger partial charge in [-0.3, -0.25) is 5.32 Å². The number of fused-ring (bicyclic) bond motifs is 1. The second-order valence-electron chi connectivity index (χ2n) is 5.71. The van der Waals surface area contributed by atoms with E-state index >= 15 is 0 Å². The van der Waals surface area contributed by atoms with Crippen molar-refractivity contribution in [1.29, 1.82) is 0 Å². The Morgan fingerprint density at radius 1 is 1.33 bits per heavy atom. The highest BCUT2D eigenvalue weighted by Crippen LogP contribution is 2.29. The summed E-state index contributed by atoms with van der Waals surface area (Å²) in [5.74, 6) is -0.823. The third kappa shape index (κ3) is 4.42. The van der Waals surface area contributed by atoms with Gasteiger partial charge in [0.25, 0.3) is 0 Å². The average Bonchev–Trinajstić information content (AvgIpc) is 2.79. The fourth-order valence-corrected chi connectivity index (χ4v) is 3.43. The Hall–Kier alpha value is -1.63. The topological polar surface area (TPSA) is 91.3 Å². The van der Waals surface area contributed by atoms with Crippen molar-refractivity contribution in [3.05, 3.63) is 10.6 Å². The standard InChI is InChI=1S/C14H21N3O3S/c1-8(2)7-10(12(18)19)15-13(20)17-14-16-9-5-3-4-6-11(9)21-14/h8,10H,3-7H2,1-2H3,(H,18,19)(H2,15,16,17,20)/t10-/m1/s1. The molecule has 1 atom stereocenters. The lowest BCUT2D eigenvalue weighted by Gasteiger charge is -2.16. The summed E-state index contributed by atoms with van der Waals surface area (Å²) in [5.41, 5.74) is 1.07. The minimum Gasteiger partial charge on any atom is -0.480 e. The molecule has 1 aliphatic carbocycles. The van der Waals surface area contributed by atoms with Crippen LogP contribution >= 0.6 is 11.3 Å². The molecule has 6 nitrogen and oxygen atoms in total. The minimum absolute atomic E-state index is 0.193. The molecule has 2 amide bonds. The lowest BCUT2D eigenvalue weighted by atomic mass is 10.0. The van der Waals surface area contributed by atoms with E-state index in [1.165, 1.54) is 16.2 Å². The molecule has 21 heavy (non-hydrogen) atoms. The van der Waals surface area contributed by atoms with Gasteiger partial charge in [-0.1, -0.05) is 13.8 Å². The van der Waals surface area contributed by atoms with Gasteiger partial charge in [-0.25, -0.2) is 14.6 Å². The van der Waals surface area contributed by atoms with Gasteiger partial charge in [0, 0.05) is 4.88 Å². The molecule has 116 valence electrons. The normalized spacial score (nSPS) is 15.4. The number of carbonyl (C=O) groups excluding carboxylic acids is 1. The van der Waals surface area contributed by atoms with E-state index in [0.717, 1.165) is 31.4 Å². The molecule has 0 fully saturated rings. The highest BCUT2D eigenvalue weighted by molar-refractivity contribution is 7.15. The van der Waals surface area contributed by atoms with Crippen LogP contribution in [0.1, 0.15) is 43.7 Å². The molecule has 0 saturated heterocycles. The number of anilines is 1. The molecule has 0 aliphatic heterocycles. The number of nitrogens with zero attached hydrogens (tertiary/aromatic N) is 1. The maximum Gasteiger partial charge on any atom is 0.326 e. The number of hydrogen-bond acceptors (Lipinski definition) is 4. The molecule has 1 aromatic heterocycles. The van der Waals surface area contributed by atoms with Crippen LogP contribution in [0.15, 0.2) is 0 Å². The molecule has 0 spiro atoms. The zero-order valence-corrected chi connectivity index (χ0v) is 13.1. The first-order chi connectivity index (χ1) is 9.95. The number of urea groups is 1. The van der Waals surface area contributed by atoms with Gasteiger partial charge in [-0.05, 0) is 38.0 Å². The first-order valence-corrected chi connectivity index (χ1v) is 8.06. The Balaban J connectivity index is 1.94. The van der Waals surface area contributed by atoms with Gasteiger partial charge in [0.1, 0.15) is 6.04 Å². The van der Waals surface area contributed by atoms with E-state index in [4.69, 9.17) is 5.11 Å². The molecular weight excluding hydrogens is 290 g/mol. The van der Waals surface area contributed by atoms with Crippen LogP contribution < -0.4 is 10.6 Å². The Kier molecular flexibility index (Phi) is 5.17. The maximum atomic E-state index is 11.9. The van der Waals surface area contributed by atoms with Crippen LogP contribution in [0.4, 0.5) is 9.93 Å². The van der Waals surface area contributed by atoms with Crippen molar-refractivity contribution in [2.45, 2.75) is 52.0 Å². The fourth-order valence-electron chi connectivity index (χ4n) is 2.39. The smallest absolute Gasteiger partial charge is 0.326 e. The van der Waals surface area contributed by atoms with Crippen LogP contribution in [0.5, 0.6) is 0 Å². The van der Waals surface area contributed by atoms with Crippen molar-refractivity contribution < 1.29 is 14.7 Å². The minimum atomic E-state index is -1.02. The highest BCUT2D eigenvalue weighted by atomic mass is 32.1. The lowest BCUT2D eigenvalue weighted by molar-refractivity contribution is -0.139. The summed E-state index contributed by atoms with van der Waals surface area (Å²) in [4.78, 5) is 28.7. The van der Waals surface area contributed by atoms with Crippen molar-refractivity contribution >= 4 is 28.5 Å². The zero-order valence-electron chi connectivity index (χ0n) is 12.3. The number of nitrogens with one attached hydrogen (secondary N) is 2. The van der Waals surface area contributed by atoms with Crippen molar-refractivity contribution in [1.82, 2.24) is 10.3 Å². The average molecular weight is 311 g/mol. The Labute approximate surface area is 128 Å². The molecule has 3 N–H and O–H groups in total. The van der Waals surface area contributed by atoms with Gasteiger partial charge in [0.2, 0.25) is 0 Å². The molecule has 0 radical (unpaired) electrons. The van der Waals surface area contributed by atoms with Crippen molar-refractivity contribution in [3.8, 4) is 0 Å². The van der Waals surface area contributed by atoms with Gasteiger partial charge in [-0.15, -0.1) is 11.3 Å². The molecule has 1 aromatic rings. The maximum absolute atomic E-state index is 11.9. The molecule has 2 rings (SSSR count). The van der Waals surface area contributed by atoms with Gasteiger partial charge in [-0.2, -0.15) is 0 Å². The Bertz CT molecular complexity index is 504. The van der Waals surface area contributed by atoms with E-state index in [2.05, 4.69) is 15.6 Å². The lowest BCUT2D eigenvalue weighted by Crippen LogP contribution is -2.43. The van der Waals surface area contributed by atoms with Crippen LogP contribution in [0, 0.1) is 5.92 Å². The molecule has 1 heterocycles. The highest BCUT2D eigenvalue weighted by Gasteiger charge is 2.22. The first kappa shape index (κ1) is 15.8. The summed E-state index contributed by atoms with van der Waals surface area (Å²) < 4.78 is 0. The monoisotopic (exact) mass is 311 g/mol. The zero-order chi connectivity index (χ0) is 15.4. The summed E-state index contributed by atoms with van der Waals surface area (Å²) in [6.07, 6.45) is 4.67. The summed E-state index contributed by atoms with van der Waals surface area (Å²) in [6, 6.07) is -1.38. The van der Waals surface area contributed by atoms with Crippen LogP contribution in [0.25, 0.3) is 0 Å². The quantitative estimate of drug-likeness (QED) is 0.779. The van der Waals surface area contributed by atoms with Crippen LogP contribution in [-0.2, 0) is 17.6 Å². The number of carboxylic acid groups (broad SMARTS) is 1. The van der Waals surface area contributed by atoms with E-state index in [-0.39, 0.29) is 5.92 Å². The third-order valence-electron chi connectivity index (χ3n) is 3.38. The van der Waals surface area contributed by atoms with Crippen molar-refractivity contribution in [2.75, 3.05) is 5.32 Å². The summed E-state index contributed by atoms with van der Waals surface area (Å²) in [5, 5.41) is 14.8. The molecule has 0 bridgehead atoms. The van der Waals surface area contributed by atoms with Crippen LogP contribution in [0.2, 0.25) is 0 Å². The molecule has 1 aliphatic rings. The second kappa shape index (κ2) is 6.89. The number of aliphatic carboxylic acids is 1. The fraction of sp³-hybridized carbons (Fsp3) is 0.643. The van der Waals surface area contributed by atoms with Gasteiger partial charge in [0.15, 0.2) is 5.13 Å². The summed E-state index contributed by atoms with van der Waals surface area (Å²) in [7, 11) is 0. The van der Waals surface area contributed by atoms with Gasteiger partial charge in [0.05, 0.1) is 5.69 Å². The summed E-state index contributed by atoms with van der Waals surface area (Å²) in [6.45, 7) is 3.84. The van der Waals surface area contributed by atoms with E-state index in [1.54, 1.807) is 0 Å². The van der Waals surface area contributed by atoms with Crippen LogP contribution in [-0.4, -0.2) is 28.1 Å². The first-order valence-electron chi connectivity index (χ1n) is 7.24. The van der Waals surface area contributed by atoms with E-state index in [1.807, 2.05) is 13.8 Å². The number of carboxylic acids is 1. The van der Waals surface area contributed by atoms with E-state index < -0.39 is 18.0 Å². The predicted octanol–water partition coefficient (Wildman–Crippen LogP) is 2.64. The number of rotatable bonds is 5. The number of amides is 2. The Morgan fingerprint density at radius 3 is 2.67 bits per heavy atom. The van der Waals surface area contributed by atoms with E-state index in [9.17, 15) is 9.59 Å². The second-order valence-corrected chi connectivity index (χ2v) is 6.80. The predicted molar refractivity (Wildman–Crippen MR) is 81.8 cm³/mol. The molecule has 0 aromatic carbocycles. The molecular formula is C14H21N3O3S. The number of thiazole rings is 1. The number of hydrogen-bond donors (Lipinski definition) is 3. The molecule has 0 saturated carbocycles. The molecule has 7 heteroatoms. The van der Waals surface area contributed by atoms with Crippen LogP contribution in [0.3, 0.4) is 0 Å². The number of carbonyl (C=O) groups is 2. The third-order valence-corrected chi connectivity index (χ3v) is 4.45. The van der Waals surface area contributed by atoms with Gasteiger partial charge < -0.3 is 10.4 Å². The van der Waals surface area contributed by atoms with Gasteiger partial charge >= 0.3 is 12.0 Å².